The molecule has 2 aliphatic rings. The Balaban J connectivity index is 1.66. The molecule has 0 aliphatic carbocycles. The molecule has 28 heavy (non-hydrogen) atoms. The molecule has 0 amide bonds. The molecule has 4 rings (SSSR count). The molecule has 0 unspecified atom stereocenters. The lowest BCUT2D eigenvalue weighted by Gasteiger charge is -2.32. The van der Waals surface area contributed by atoms with Gasteiger partial charge >= 0.3 is 14.2 Å². The number of benzene rings is 1. The van der Waals surface area contributed by atoms with Crippen LogP contribution >= 0.6 is 0 Å². The van der Waals surface area contributed by atoms with E-state index in [-0.39, 0.29) is 22.4 Å². The number of hydrogen-bond donors (Lipinski definition) is 0. The molecule has 2 fully saturated rings. The van der Waals surface area contributed by atoms with Crippen molar-refractivity contribution >= 4 is 36.1 Å². The largest absolute Gasteiger partial charge is 0.496 e. The van der Waals surface area contributed by atoms with E-state index in [4.69, 9.17) is 18.6 Å². The quantitative estimate of drug-likeness (QED) is 0.749. The van der Waals surface area contributed by atoms with Crippen LogP contribution in [0.4, 0.5) is 0 Å². The third-order valence-electron chi connectivity index (χ3n) is 6.78. The lowest BCUT2D eigenvalue weighted by atomic mass is 9.77. The summed E-state index contributed by atoms with van der Waals surface area (Å²) < 4.78 is 24.7. The minimum Gasteiger partial charge on any atom is -0.399 e. The minimum atomic E-state index is -0.428. The van der Waals surface area contributed by atoms with Gasteiger partial charge in [-0.15, -0.1) is 0 Å². The molecular weight excluding hydrogens is 352 g/mol. The Bertz CT molecular complexity index is 823. The first-order valence-corrected chi connectivity index (χ1v) is 9.92. The van der Waals surface area contributed by atoms with Gasteiger partial charge in [0.2, 0.25) is 0 Å². The SMILES string of the molecule is CC1(C)OB(c2ccc3ncc(B4OC(C)(C)C(C)(C)O4)cc3c2)OC1(C)C. The van der Waals surface area contributed by atoms with Gasteiger partial charge < -0.3 is 18.6 Å². The van der Waals surface area contributed by atoms with Gasteiger partial charge in [-0.3, -0.25) is 4.98 Å². The summed E-state index contributed by atoms with van der Waals surface area (Å²) in [7, 11) is -0.822. The van der Waals surface area contributed by atoms with Crippen LogP contribution in [0.5, 0.6) is 0 Å². The van der Waals surface area contributed by atoms with Gasteiger partial charge in [-0.25, -0.2) is 0 Å². The van der Waals surface area contributed by atoms with Crippen LogP contribution < -0.4 is 10.9 Å². The van der Waals surface area contributed by atoms with E-state index in [9.17, 15) is 0 Å². The Morgan fingerprint density at radius 3 is 1.57 bits per heavy atom. The van der Waals surface area contributed by atoms with Crippen molar-refractivity contribution in [3.05, 3.63) is 30.5 Å². The lowest BCUT2D eigenvalue weighted by Crippen LogP contribution is -2.41. The summed E-state index contributed by atoms with van der Waals surface area (Å²) in [6.45, 7) is 16.5. The fraction of sp³-hybridized carbons (Fsp3) is 0.571. The van der Waals surface area contributed by atoms with Crippen molar-refractivity contribution in [1.29, 1.82) is 0 Å². The second-order valence-corrected chi connectivity index (χ2v) is 9.90. The summed E-state index contributed by atoms with van der Waals surface area (Å²) in [5.74, 6) is 0. The lowest BCUT2D eigenvalue weighted by molar-refractivity contribution is 0.00578. The van der Waals surface area contributed by atoms with E-state index < -0.39 is 14.2 Å². The average molecular weight is 381 g/mol. The van der Waals surface area contributed by atoms with Gasteiger partial charge in [-0.2, -0.15) is 0 Å². The van der Waals surface area contributed by atoms with Crippen LogP contribution in [0.3, 0.4) is 0 Å². The molecule has 0 saturated carbocycles. The second kappa shape index (κ2) is 6.05. The summed E-state index contributed by atoms with van der Waals surface area (Å²) >= 11 is 0. The molecule has 2 saturated heterocycles. The first-order chi connectivity index (χ1) is 12.8. The van der Waals surface area contributed by atoms with Gasteiger partial charge in [0, 0.05) is 11.7 Å². The van der Waals surface area contributed by atoms with E-state index in [0.29, 0.717) is 0 Å². The van der Waals surface area contributed by atoms with Gasteiger partial charge in [0.1, 0.15) is 0 Å². The van der Waals surface area contributed by atoms with Crippen molar-refractivity contribution in [3.8, 4) is 0 Å². The van der Waals surface area contributed by atoms with E-state index in [1.165, 1.54) is 0 Å². The molecule has 148 valence electrons. The maximum atomic E-state index is 6.19. The molecule has 2 aromatic rings. The fourth-order valence-electron chi connectivity index (χ4n) is 3.40. The maximum absolute atomic E-state index is 6.19. The third kappa shape index (κ3) is 3.09. The minimum absolute atomic E-state index is 0.366. The number of nitrogens with zero attached hydrogens (tertiary/aromatic N) is 1. The predicted octanol–water partition coefficient (Wildman–Crippen LogP) is 2.83. The smallest absolute Gasteiger partial charge is 0.399 e. The fourth-order valence-corrected chi connectivity index (χ4v) is 3.40. The molecule has 0 spiro atoms. The number of hydrogen-bond acceptors (Lipinski definition) is 5. The summed E-state index contributed by atoms with van der Waals surface area (Å²) in [5.41, 5.74) is 1.33. The highest BCUT2D eigenvalue weighted by atomic mass is 16.7. The monoisotopic (exact) mass is 381 g/mol. The molecule has 3 heterocycles. The van der Waals surface area contributed by atoms with E-state index in [1.54, 1.807) is 0 Å². The number of rotatable bonds is 2. The van der Waals surface area contributed by atoms with Gasteiger partial charge in [-0.05, 0) is 72.3 Å². The van der Waals surface area contributed by atoms with Crippen LogP contribution in [0, 0.1) is 0 Å². The number of aromatic nitrogens is 1. The molecule has 7 heteroatoms. The standard InChI is InChI=1S/C21H29B2NO4/c1-18(2)19(3,4)26-22(25-18)15-9-10-17-14(11-15)12-16(13-24-17)23-27-20(5,6)21(7,8)28-23/h9-13H,1-8H3. The topological polar surface area (TPSA) is 49.8 Å². The zero-order chi connectivity index (χ0) is 20.5. The first-order valence-electron chi connectivity index (χ1n) is 9.92. The zero-order valence-corrected chi connectivity index (χ0v) is 18.1. The second-order valence-electron chi connectivity index (χ2n) is 9.90. The molecular formula is C21H29B2NO4. The Hall–Kier alpha value is -1.40. The molecule has 2 aliphatic heterocycles. The van der Waals surface area contributed by atoms with Crippen LogP contribution in [-0.4, -0.2) is 41.6 Å². The average Bonchev–Trinajstić information content (AvgIpc) is 2.93. The highest BCUT2D eigenvalue weighted by molar-refractivity contribution is 6.63. The van der Waals surface area contributed by atoms with Crippen molar-refractivity contribution in [2.24, 2.45) is 0 Å². The summed E-state index contributed by atoms with van der Waals surface area (Å²) in [5, 5.41) is 1.01. The van der Waals surface area contributed by atoms with E-state index in [2.05, 4.69) is 72.5 Å². The van der Waals surface area contributed by atoms with Crippen molar-refractivity contribution in [3.63, 3.8) is 0 Å². The molecule has 0 bridgehead atoms. The Morgan fingerprint density at radius 1 is 0.643 bits per heavy atom. The van der Waals surface area contributed by atoms with Crippen LogP contribution in [0.25, 0.3) is 10.9 Å². The van der Waals surface area contributed by atoms with E-state index in [1.807, 2.05) is 18.3 Å². The number of pyridine rings is 1. The molecule has 0 radical (unpaired) electrons. The van der Waals surface area contributed by atoms with Crippen molar-refractivity contribution in [1.82, 2.24) is 4.98 Å². The van der Waals surface area contributed by atoms with E-state index in [0.717, 1.165) is 21.8 Å². The highest BCUT2D eigenvalue weighted by Crippen LogP contribution is 2.37. The molecule has 5 nitrogen and oxygen atoms in total. The highest BCUT2D eigenvalue weighted by Gasteiger charge is 2.53. The Morgan fingerprint density at radius 2 is 1.07 bits per heavy atom. The molecule has 0 N–H and O–H groups in total. The summed E-state index contributed by atoms with van der Waals surface area (Å²) in [4.78, 5) is 4.60. The van der Waals surface area contributed by atoms with Crippen LogP contribution in [0.1, 0.15) is 55.4 Å². The van der Waals surface area contributed by atoms with Gasteiger partial charge in [0.05, 0.1) is 27.9 Å². The zero-order valence-electron chi connectivity index (χ0n) is 18.1. The Labute approximate surface area is 168 Å². The van der Waals surface area contributed by atoms with Gasteiger partial charge in [0.15, 0.2) is 0 Å². The molecule has 0 atom stereocenters. The van der Waals surface area contributed by atoms with Crippen molar-refractivity contribution in [2.45, 2.75) is 77.8 Å². The predicted molar refractivity (Wildman–Crippen MR) is 113 cm³/mol. The Kier molecular flexibility index (Phi) is 4.30. The third-order valence-corrected chi connectivity index (χ3v) is 6.78. The first kappa shape index (κ1) is 19.9. The van der Waals surface area contributed by atoms with Crippen molar-refractivity contribution < 1.29 is 18.6 Å². The molecule has 1 aromatic carbocycles. The summed E-state index contributed by atoms with van der Waals surface area (Å²) in [6, 6.07) is 8.19. The van der Waals surface area contributed by atoms with Crippen LogP contribution in [0.15, 0.2) is 30.5 Å². The maximum Gasteiger partial charge on any atom is 0.496 e. The van der Waals surface area contributed by atoms with E-state index >= 15 is 0 Å². The van der Waals surface area contributed by atoms with Crippen LogP contribution in [0.2, 0.25) is 0 Å². The number of fused-ring (bicyclic) bond motifs is 1. The van der Waals surface area contributed by atoms with Gasteiger partial charge in [0.25, 0.3) is 0 Å². The molecule has 1 aromatic heterocycles. The normalized spacial score (nSPS) is 24.9. The summed E-state index contributed by atoms with van der Waals surface area (Å²) in [6.07, 6.45) is 1.83. The van der Waals surface area contributed by atoms with Crippen LogP contribution in [-0.2, 0) is 18.6 Å². The van der Waals surface area contributed by atoms with Crippen molar-refractivity contribution in [2.75, 3.05) is 0 Å². The van der Waals surface area contributed by atoms with Gasteiger partial charge in [-0.1, -0.05) is 18.2 Å².